The van der Waals surface area contributed by atoms with Crippen molar-refractivity contribution in [3.05, 3.63) is 22.8 Å². The van der Waals surface area contributed by atoms with Crippen molar-refractivity contribution < 1.29 is 0 Å². The van der Waals surface area contributed by atoms with Gasteiger partial charge >= 0.3 is 0 Å². The van der Waals surface area contributed by atoms with Crippen molar-refractivity contribution in [2.45, 2.75) is 37.8 Å². The molecule has 0 aliphatic heterocycles. The van der Waals surface area contributed by atoms with Gasteiger partial charge in [0.05, 0.1) is 0 Å². The third kappa shape index (κ3) is 1.28. The van der Waals surface area contributed by atoms with Gasteiger partial charge in [0.2, 0.25) is 0 Å². The Labute approximate surface area is 61.5 Å². The first-order chi connectivity index (χ1) is 4.88. The van der Waals surface area contributed by atoms with E-state index in [2.05, 4.69) is 9.69 Å². The first-order valence-corrected chi connectivity index (χ1v) is 3.61. The van der Waals surface area contributed by atoms with Crippen LogP contribution in [0.1, 0.15) is 25.7 Å². The molecule has 0 heterocycles. The van der Waals surface area contributed by atoms with Crippen LogP contribution in [0.15, 0.2) is 0 Å². The molecule has 1 aliphatic rings. The summed E-state index contributed by atoms with van der Waals surface area (Å²) in [5, 5.41) is 0. The van der Waals surface area contributed by atoms with Crippen LogP contribution in [0.25, 0.3) is 9.69 Å². The summed E-state index contributed by atoms with van der Waals surface area (Å²) in [6.07, 6.45) is 4.16. The molecule has 2 atom stereocenters. The van der Waals surface area contributed by atoms with Crippen molar-refractivity contribution >= 4 is 0 Å². The molecule has 2 heteroatoms. The Balaban J connectivity index is 2.54. The minimum absolute atomic E-state index is 0.00579. The van der Waals surface area contributed by atoms with Crippen LogP contribution in [0.2, 0.25) is 0 Å². The van der Waals surface area contributed by atoms with Crippen molar-refractivity contribution in [3.8, 4) is 0 Å². The van der Waals surface area contributed by atoms with Gasteiger partial charge < -0.3 is 9.69 Å². The van der Waals surface area contributed by atoms with Crippen LogP contribution >= 0.6 is 0 Å². The van der Waals surface area contributed by atoms with E-state index in [0.29, 0.717) is 0 Å². The van der Waals surface area contributed by atoms with Gasteiger partial charge in [-0.25, -0.2) is 13.1 Å². The summed E-state index contributed by atoms with van der Waals surface area (Å²) < 4.78 is 0. The molecular weight excluding hydrogens is 124 g/mol. The first kappa shape index (κ1) is 7.09. The lowest BCUT2D eigenvalue weighted by Crippen LogP contribution is -2.23. The fourth-order valence-electron chi connectivity index (χ4n) is 1.39. The van der Waals surface area contributed by atoms with Gasteiger partial charge in [0, 0.05) is 12.8 Å². The highest BCUT2D eigenvalue weighted by Gasteiger charge is 2.34. The van der Waals surface area contributed by atoms with Crippen molar-refractivity contribution in [1.29, 1.82) is 0 Å². The largest absolute Gasteiger partial charge is 0.305 e. The normalized spacial score (nSPS) is 32.2. The first-order valence-electron chi connectivity index (χ1n) is 3.61. The van der Waals surface area contributed by atoms with E-state index in [1.807, 2.05) is 0 Å². The van der Waals surface area contributed by atoms with Crippen LogP contribution in [-0.2, 0) is 0 Å². The number of rotatable bonds is 0. The van der Waals surface area contributed by atoms with Crippen molar-refractivity contribution in [1.82, 2.24) is 0 Å². The van der Waals surface area contributed by atoms with Crippen LogP contribution < -0.4 is 0 Å². The van der Waals surface area contributed by atoms with Crippen molar-refractivity contribution in [2.75, 3.05) is 0 Å². The summed E-state index contributed by atoms with van der Waals surface area (Å²) in [6.45, 7) is 13.6. The highest BCUT2D eigenvalue weighted by Crippen LogP contribution is 2.23. The molecule has 1 rings (SSSR count). The van der Waals surface area contributed by atoms with Gasteiger partial charge in [-0.3, -0.25) is 0 Å². The minimum Gasteiger partial charge on any atom is -0.305 e. The number of hydrogen-bond donors (Lipinski definition) is 0. The van der Waals surface area contributed by atoms with Crippen LogP contribution in [0, 0.1) is 13.1 Å². The highest BCUT2D eigenvalue weighted by molar-refractivity contribution is 4.99. The lowest BCUT2D eigenvalue weighted by molar-refractivity contribution is 0.457. The number of hydrogen-bond acceptors (Lipinski definition) is 0. The quantitative estimate of drug-likeness (QED) is 0.449. The van der Waals surface area contributed by atoms with Crippen LogP contribution in [0.3, 0.4) is 0 Å². The SMILES string of the molecule is [C-]#[N+]C1CCCCC1[N+]#[C-]. The lowest BCUT2D eigenvalue weighted by atomic mass is 9.91. The molecule has 0 aromatic heterocycles. The Bertz CT molecular complexity index is 162. The van der Waals surface area contributed by atoms with E-state index in [0.717, 1.165) is 25.7 Å². The second-order valence-electron chi connectivity index (χ2n) is 2.68. The molecule has 2 unspecified atom stereocenters. The van der Waals surface area contributed by atoms with E-state index in [4.69, 9.17) is 13.1 Å². The van der Waals surface area contributed by atoms with E-state index in [1.54, 1.807) is 0 Å². The smallest absolute Gasteiger partial charge is 0.296 e. The van der Waals surface area contributed by atoms with Crippen LogP contribution in [0.4, 0.5) is 0 Å². The second-order valence-corrected chi connectivity index (χ2v) is 2.68. The fourth-order valence-corrected chi connectivity index (χ4v) is 1.39. The third-order valence-electron chi connectivity index (χ3n) is 2.03. The molecule has 0 radical (unpaired) electrons. The lowest BCUT2D eigenvalue weighted by Gasteiger charge is -2.12. The van der Waals surface area contributed by atoms with E-state index in [9.17, 15) is 0 Å². The average molecular weight is 134 g/mol. The van der Waals surface area contributed by atoms with Gasteiger partial charge in [0.15, 0.2) is 0 Å². The van der Waals surface area contributed by atoms with Gasteiger partial charge in [-0.1, -0.05) is 0 Å². The molecule has 0 amide bonds. The summed E-state index contributed by atoms with van der Waals surface area (Å²) in [4.78, 5) is 6.87. The molecule has 1 fully saturated rings. The number of nitrogens with zero attached hydrogens (tertiary/aromatic N) is 2. The van der Waals surface area contributed by atoms with Gasteiger partial charge in [-0.15, -0.1) is 0 Å². The molecule has 0 N–H and O–H groups in total. The van der Waals surface area contributed by atoms with Gasteiger partial charge in [-0.2, -0.15) is 0 Å². The molecule has 0 spiro atoms. The predicted molar refractivity (Wildman–Crippen MR) is 39.2 cm³/mol. The Morgan fingerprint density at radius 2 is 1.30 bits per heavy atom. The molecule has 52 valence electrons. The molecule has 2 nitrogen and oxygen atoms in total. The van der Waals surface area contributed by atoms with Crippen LogP contribution in [-0.4, -0.2) is 12.1 Å². The Kier molecular flexibility index (Phi) is 2.29. The zero-order valence-electron chi connectivity index (χ0n) is 5.88. The second kappa shape index (κ2) is 3.22. The highest BCUT2D eigenvalue weighted by atomic mass is 14.8. The summed E-state index contributed by atoms with van der Waals surface area (Å²) in [5.41, 5.74) is 0. The third-order valence-corrected chi connectivity index (χ3v) is 2.03. The zero-order valence-corrected chi connectivity index (χ0v) is 5.88. The standard InChI is InChI=1S/C8H10N2/c1-9-7-5-3-4-6-8(7)10-2/h7-8H,3-6H2. The average Bonchev–Trinajstić information content (AvgIpc) is 2.04. The maximum Gasteiger partial charge on any atom is 0.296 e. The molecule has 0 saturated heterocycles. The van der Waals surface area contributed by atoms with E-state index in [1.165, 1.54) is 0 Å². The van der Waals surface area contributed by atoms with E-state index < -0.39 is 0 Å². The topological polar surface area (TPSA) is 8.72 Å². The molecule has 1 saturated carbocycles. The van der Waals surface area contributed by atoms with Crippen LogP contribution in [0.5, 0.6) is 0 Å². The molecule has 10 heavy (non-hydrogen) atoms. The zero-order chi connectivity index (χ0) is 7.40. The maximum absolute atomic E-state index is 6.81. The Hall–Kier alpha value is -1.02. The Morgan fingerprint density at radius 1 is 0.900 bits per heavy atom. The predicted octanol–water partition coefficient (Wildman–Crippen LogP) is 2.14. The summed E-state index contributed by atoms with van der Waals surface area (Å²) in [5.74, 6) is 0. The van der Waals surface area contributed by atoms with Gasteiger partial charge in [0.1, 0.15) is 0 Å². The molecule has 0 aromatic carbocycles. The summed E-state index contributed by atoms with van der Waals surface area (Å²) in [7, 11) is 0. The van der Waals surface area contributed by atoms with Crippen molar-refractivity contribution in [3.63, 3.8) is 0 Å². The van der Waals surface area contributed by atoms with E-state index in [-0.39, 0.29) is 12.1 Å². The minimum atomic E-state index is 0.00579. The summed E-state index contributed by atoms with van der Waals surface area (Å²) >= 11 is 0. The van der Waals surface area contributed by atoms with E-state index >= 15 is 0 Å². The molecule has 0 aromatic rings. The fraction of sp³-hybridized carbons (Fsp3) is 0.750. The Morgan fingerprint density at radius 3 is 1.60 bits per heavy atom. The molecule has 0 bridgehead atoms. The maximum atomic E-state index is 6.81. The molecular formula is C8H10N2. The monoisotopic (exact) mass is 134 g/mol. The van der Waals surface area contributed by atoms with Gasteiger partial charge in [-0.05, 0) is 12.8 Å². The van der Waals surface area contributed by atoms with Gasteiger partial charge in [0.25, 0.3) is 12.1 Å². The molecule has 1 aliphatic carbocycles. The van der Waals surface area contributed by atoms with Crippen molar-refractivity contribution in [2.24, 2.45) is 0 Å². The summed E-state index contributed by atoms with van der Waals surface area (Å²) in [6, 6.07) is 0.0116.